The van der Waals surface area contributed by atoms with Gasteiger partial charge in [-0.1, -0.05) is 15.9 Å². The van der Waals surface area contributed by atoms with Crippen molar-refractivity contribution in [2.75, 3.05) is 18.1 Å². The average molecular weight is 418 g/mol. The van der Waals surface area contributed by atoms with E-state index in [4.69, 9.17) is 4.74 Å². The minimum atomic E-state index is -2.88. The number of fused-ring (bicyclic) bond motifs is 3. The lowest BCUT2D eigenvalue weighted by Gasteiger charge is -2.18. The van der Waals surface area contributed by atoms with E-state index in [0.29, 0.717) is 16.2 Å². The van der Waals surface area contributed by atoms with E-state index in [9.17, 15) is 18.0 Å². The Morgan fingerprint density at radius 3 is 2.88 bits per heavy atom. The number of hydrogen-bond donors (Lipinski definition) is 0. The third-order valence-corrected chi connectivity index (χ3v) is 4.56. The monoisotopic (exact) mass is 417 g/mol. The van der Waals surface area contributed by atoms with E-state index < -0.39 is 36.9 Å². The molecule has 1 saturated heterocycles. The summed E-state index contributed by atoms with van der Waals surface area (Å²) in [5.41, 5.74) is 0.506. The van der Waals surface area contributed by atoms with Crippen molar-refractivity contribution in [2.24, 2.45) is 0 Å². The highest BCUT2D eigenvalue weighted by Crippen LogP contribution is 2.38. The van der Waals surface area contributed by atoms with Gasteiger partial charge in [0.15, 0.2) is 5.82 Å². The number of ether oxygens (including phenoxy) is 2. The molecular weight excluding hydrogens is 407 g/mol. The molecule has 0 saturated carbocycles. The quantitative estimate of drug-likeness (QED) is 0.750. The number of rotatable bonds is 2. The smallest absolute Gasteiger partial charge is 0.416 e. The average Bonchev–Trinajstić information content (AvgIpc) is 3.03. The third-order valence-electron chi connectivity index (χ3n) is 4.07. The molecule has 1 fully saturated rings. The van der Waals surface area contributed by atoms with Crippen LogP contribution >= 0.6 is 15.9 Å². The molecule has 0 N–H and O–H groups in total. The Balaban J connectivity index is 1.85. The molecule has 1 atom stereocenters. The minimum absolute atomic E-state index is 0.128. The lowest BCUT2D eigenvalue weighted by atomic mass is 10.2. The van der Waals surface area contributed by atoms with Crippen molar-refractivity contribution in [2.45, 2.75) is 19.0 Å². The second kappa shape index (κ2) is 5.94. The van der Waals surface area contributed by atoms with Gasteiger partial charge in [0, 0.05) is 4.47 Å². The number of amides is 1. The van der Waals surface area contributed by atoms with Crippen molar-refractivity contribution in [3.8, 4) is 17.1 Å². The summed E-state index contributed by atoms with van der Waals surface area (Å²) in [5.74, 6) is -0.642. The molecule has 25 heavy (non-hydrogen) atoms. The first-order chi connectivity index (χ1) is 12.0. The highest BCUT2D eigenvalue weighted by atomic mass is 79.9. The number of carbonyl (C=O) groups excluding carboxylic acids is 1. The summed E-state index contributed by atoms with van der Waals surface area (Å²) in [5, 5.41) is 0. The number of nitrogens with zero attached hydrogens (tertiary/aromatic N) is 3. The van der Waals surface area contributed by atoms with Gasteiger partial charge in [-0.2, -0.15) is 4.39 Å². The molecule has 2 aliphatic rings. The first-order valence-electron chi connectivity index (χ1n) is 7.40. The molecule has 10 heteroatoms. The molecule has 0 radical (unpaired) electrons. The Morgan fingerprint density at radius 1 is 1.32 bits per heavy atom. The van der Waals surface area contributed by atoms with Crippen molar-refractivity contribution < 1.29 is 27.4 Å². The Morgan fingerprint density at radius 2 is 2.12 bits per heavy atom. The van der Waals surface area contributed by atoms with Crippen LogP contribution < -0.4 is 9.64 Å². The molecule has 132 valence electrons. The normalized spacial score (nSPS) is 19.3. The largest absolute Gasteiger partial charge is 0.491 e. The summed E-state index contributed by atoms with van der Waals surface area (Å²) in [4.78, 5) is 16.6. The van der Waals surface area contributed by atoms with Gasteiger partial charge < -0.3 is 9.47 Å². The van der Waals surface area contributed by atoms with Crippen molar-refractivity contribution >= 4 is 27.8 Å². The molecular formula is C15H11BrF3N3O3. The maximum atomic E-state index is 14.9. The van der Waals surface area contributed by atoms with Crippen molar-refractivity contribution in [3.05, 3.63) is 28.6 Å². The van der Waals surface area contributed by atoms with Gasteiger partial charge in [0.25, 0.3) is 6.43 Å². The van der Waals surface area contributed by atoms with Crippen molar-refractivity contribution in [1.29, 1.82) is 0 Å². The molecule has 1 aromatic carbocycles. The van der Waals surface area contributed by atoms with Crippen LogP contribution in [0.5, 0.6) is 5.75 Å². The minimum Gasteiger partial charge on any atom is -0.491 e. The number of benzene rings is 1. The second-order valence-electron chi connectivity index (χ2n) is 5.54. The van der Waals surface area contributed by atoms with Crippen LogP contribution in [0.15, 0.2) is 22.7 Å². The van der Waals surface area contributed by atoms with Crippen LogP contribution in [-0.4, -0.2) is 41.3 Å². The predicted molar refractivity (Wildman–Crippen MR) is 84.4 cm³/mol. The summed E-state index contributed by atoms with van der Waals surface area (Å²) in [6, 6.07) is 3.56. The van der Waals surface area contributed by atoms with E-state index in [1.165, 1.54) is 4.57 Å². The number of cyclic esters (lactones) is 1. The number of hydrogen-bond acceptors (Lipinski definition) is 4. The van der Waals surface area contributed by atoms with E-state index in [1.807, 2.05) is 0 Å². The molecule has 1 amide bonds. The van der Waals surface area contributed by atoms with Crippen molar-refractivity contribution in [3.63, 3.8) is 0 Å². The van der Waals surface area contributed by atoms with E-state index in [2.05, 4.69) is 25.7 Å². The van der Waals surface area contributed by atoms with E-state index in [-0.39, 0.29) is 19.0 Å². The maximum absolute atomic E-state index is 14.9. The molecule has 6 nitrogen and oxygen atoms in total. The maximum Gasteiger partial charge on any atom is 0.416 e. The SMILES string of the molecule is O=C1OCC(C(F)F)N1c1nc2n(c1F)CCOc1cc(Br)ccc1-2. The third kappa shape index (κ3) is 2.55. The molecule has 3 heterocycles. The molecule has 0 spiro atoms. The van der Waals surface area contributed by atoms with Gasteiger partial charge in [-0.3, -0.25) is 4.57 Å². The van der Waals surface area contributed by atoms with Crippen LogP contribution in [0, 0.1) is 5.95 Å². The molecule has 2 aliphatic heterocycles. The molecule has 0 bridgehead atoms. The van der Waals surface area contributed by atoms with E-state index >= 15 is 0 Å². The Hall–Kier alpha value is -2.23. The molecule has 1 unspecified atom stereocenters. The summed E-state index contributed by atoms with van der Waals surface area (Å²) >= 11 is 3.33. The fraction of sp³-hybridized carbons (Fsp3) is 0.333. The predicted octanol–water partition coefficient (Wildman–Crippen LogP) is 3.43. The van der Waals surface area contributed by atoms with Gasteiger partial charge in [0.2, 0.25) is 5.95 Å². The number of aromatic nitrogens is 2. The number of anilines is 1. The zero-order valence-corrected chi connectivity index (χ0v) is 14.2. The topological polar surface area (TPSA) is 56.6 Å². The lowest BCUT2D eigenvalue weighted by Crippen LogP contribution is -2.39. The number of halogens is 4. The standard InChI is InChI=1S/C15H11BrF3N3O3/c16-7-1-2-8-10(5-7)24-4-3-21-12(19)14(20-13(8)21)22-9(11(17)18)6-25-15(22)23/h1-2,5,9,11H,3-4,6H2. The zero-order chi connectivity index (χ0) is 17.7. The first-order valence-corrected chi connectivity index (χ1v) is 8.19. The molecule has 1 aromatic heterocycles. The van der Waals surface area contributed by atoms with Crippen molar-refractivity contribution in [1.82, 2.24) is 9.55 Å². The van der Waals surface area contributed by atoms with Gasteiger partial charge in [-0.15, -0.1) is 0 Å². The first kappa shape index (κ1) is 16.2. The van der Waals surface area contributed by atoms with Crippen LogP contribution in [0.2, 0.25) is 0 Å². The fourth-order valence-corrected chi connectivity index (χ4v) is 3.24. The van der Waals surface area contributed by atoms with Gasteiger partial charge in [-0.05, 0) is 18.2 Å². The second-order valence-corrected chi connectivity index (χ2v) is 6.45. The number of carbonyl (C=O) groups is 1. The van der Waals surface area contributed by atoms with Crippen LogP contribution in [0.1, 0.15) is 0 Å². The van der Waals surface area contributed by atoms with E-state index in [0.717, 1.165) is 4.47 Å². The molecule has 0 aliphatic carbocycles. The summed E-state index contributed by atoms with van der Waals surface area (Å²) in [6.45, 7) is -0.209. The fourth-order valence-electron chi connectivity index (χ4n) is 2.90. The lowest BCUT2D eigenvalue weighted by molar-refractivity contribution is 0.104. The highest BCUT2D eigenvalue weighted by molar-refractivity contribution is 9.10. The highest BCUT2D eigenvalue weighted by Gasteiger charge is 2.44. The zero-order valence-electron chi connectivity index (χ0n) is 12.6. The van der Waals surface area contributed by atoms with Gasteiger partial charge >= 0.3 is 6.09 Å². The van der Waals surface area contributed by atoms with E-state index in [1.54, 1.807) is 18.2 Å². The van der Waals surface area contributed by atoms with Crippen LogP contribution in [0.3, 0.4) is 0 Å². The Labute approximate surface area is 148 Å². The molecule has 4 rings (SSSR count). The van der Waals surface area contributed by atoms with Gasteiger partial charge in [0.05, 0.1) is 12.1 Å². The van der Waals surface area contributed by atoms with Crippen LogP contribution in [-0.2, 0) is 11.3 Å². The summed E-state index contributed by atoms with van der Waals surface area (Å²) in [7, 11) is 0. The van der Waals surface area contributed by atoms with Gasteiger partial charge in [-0.25, -0.2) is 23.5 Å². The van der Waals surface area contributed by atoms with Crippen LogP contribution in [0.25, 0.3) is 11.4 Å². The Bertz CT molecular complexity index is 858. The Kier molecular flexibility index (Phi) is 3.86. The summed E-state index contributed by atoms with van der Waals surface area (Å²) in [6.07, 6.45) is -3.91. The molecule has 2 aromatic rings. The number of imidazole rings is 1. The number of alkyl halides is 2. The van der Waals surface area contributed by atoms with Gasteiger partial charge in [0.1, 0.15) is 30.8 Å². The summed E-state index contributed by atoms with van der Waals surface area (Å²) < 4.78 is 53.4. The van der Waals surface area contributed by atoms with Crippen LogP contribution in [0.4, 0.5) is 23.8 Å².